The molecule has 3 aromatic rings. The van der Waals surface area contributed by atoms with Gasteiger partial charge in [-0.25, -0.2) is 8.42 Å². The molecule has 0 saturated heterocycles. The normalized spacial score (nSPS) is 11.0. The van der Waals surface area contributed by atoms with Crippen molar-refractivity contribution in [3.05, 3.63) is 83.9 Å². The number of hydrogen-bond donors (Lipinski definition) is 1. The van der Waals surface area contributed by atoms with Gasteiger partial charge >= 0.3 is 0 Å². The molecule has 0 aliphatic rings. The van der Waals surface area contributed by atoms with E-state index in [1.807, 2.05) is 32.0 Å². The Morgan fingerprint density at radius 2 is 1.58 bits per heavy atom. The summed E-state index contributed by atoms with van der Waals surface area (Å²) in [6.45, 7) is 3.85. The van der Waals surface area contributed by atoms with Crippen LogP contribution in [0.3, 0.4) is 0 Å². The summed E-state index contributed by atoms with van der Waals surface area (Å²) in [5, 5.41) is 2.79. The van der Waals surface area contributed by atoms with E-state index >= 15 is 0 Å². The van der Waals surface area contributed by atoms with Crippen LogP contribution in [0.25, 0.3) is 0 Å². The number of para-hydroxylation sites is 3. The largest absolute Gasteiger partial charge is 0.496 e. The minimum Gasteiger partial charge on any atom is -0.496 e. The monoisotopic (exact) mass is 468 g/mol. The zero-order valence-corrected chi connectivity index (χ0v) is 19.8. The number of rotatable bonds is 10. The van der Waals surface area contributed by atoms with Crippen molar-refractivity contribution in [2.24, 2.45) is 0 Å². The number of carbonyl (C=O) groups excluding carboxylic acids is 1. The van der Waals surface area contributed by atoms with Crippen molar-refractivity contribution >= 4 is 21.6 Å². The van der Waals surface area contributed by atoms with E-state index in [2.05, 4.69) is 5.32 Å². The number of anilines is 1. The molecule has 0 radical (unpaired) electrons. The predicted molar refractivity (Wildman–Crippen MR) is 128 cm³/mol. The summed E-state index contributed by atoms with van der Waals surface area (Å²) in [5.41, 5.74) is 2.02. The van der Waals surface area contributed by atoms with Crippen LogP contribution in [0.15, 0.2) is 77.7 Å². The van der Waals surface area contributed by atoms with Gasteiger partial charge in [0, 0.05) is 12.1 Å². The maximum atomic E-state index is 13.6. The van der Waals surface area contributed by atoms with E-state index in [1.165, 1.54) is 12.1 Å². The summed E-state index contributed by atoms with van der Waals surface area (Å²) < 4.78 is 39.2. The van der Waals surface area contributed by atoms with E-state index in [9.17, 15) is 13.2 Å². The van der Waals surface area contributed by atoms with Crippen molar-refractivity contribution in [2.75, 3.05) is 24.6 Å². The van der Waals surface area contributed by atoms with Crippen molar-refractivity contribution in [3.8, 4) is 11.5 Å². The van der Waals surface area contributed by atoms with Gasteiger partial charge in [-0.1, -0.05) is 48.0 Å². The Balaban J connectivity index is 1.92. The zero-order valence-electron chi connectivity index (χ0n) is 18.9. The average Bonchev–Trinajstić information content (AvgIpc) is 2.82. The molecule has 1 N–H and O–H groups in total. The Hall–Kier alpha value is -3.52. The number of sulfonamides is 1. The summed E-state index contributed by atoms with van der Waals surface area (Å²) in [6.07, 6.45) is 0. The van der Waals surface area contributed by atoms with Gasteiger partial charge in [-0.05, 0) is 44.2 Å². The number of benzene rings is 3. The lowest BCUT2D eigenvalue weighted by molar-refractivity contribution is -0.119. The van der Waals surface area contributed by atoms with Crippen molar-refractivity contribution in [2.45, 2.75) is 25.3 Å². The second kappa shape index (κ2) is 10.9. The lowest BCUT2D eigenvalue weighted by Gasteiger charge is -2.26. The van der Waals surface area contributed by atoms with Gasteiger partial charge < -0.3 is 14.8 Å². The first kappa shape index (κ1) is 24.1. The Kier molecular flexibility index (Phi) is 7.95. The molecule has 0 heterocycles. The minimum absolute atomic E-state index is 0.0944. The third-order valence-electron chi connectivity index (χ3n) is 5.00. The fraction of sp³-hybridized carbons (Fsp3) is 0.240. The number of aryl methyl sites for hydroxylation is 1. The molecule has 8 heteroatoms. The van der Waals surface area contributed by atoms with E-state index in [1.54, 1.807) is 49.6 Å². The molecule has 1 amide bonds. The molecule has 0 saturated carbocycles. The second-order valence-electron chi connectivity index (χ2n) is 7.31. The molecule has 0 aliphatic heterocycles. The highest BCUT2D eigenvalue weighted by molar-refractivity contribution is 7.92. The number of nitrogens with zero attached hydrogens (tertiary/aromatic N) is 1. The smallest absolute Gasteiger partial charge is 0.264 e. The topological polar surface area (TPSA) is 84.9 Å². The van der Waals surface area contributed by atoms with Crippen LogP contribution in [-0.2, 0) is 21.4 Å². The molecule has 0 fully saturated rings. The summed E-state index contributed by atoms with van der Waals surface area (Å²) in [4.78, 5) is 13.0. The maximum Gasteiger partial charge on any atom is 0.264 e. The Bertz CT molecular complexity index is 1190. The van der Waals surface area contributed by atoms with E-state index < -0.39 is 22.5 Å². The highest BCUT2D eigenvalue weighted by atomic mass is 32.2. The third-order valence-corrected chi connectivity index (χ3v) is 6.77. The minimum atomic E-state index is -4.03. The molecular formula is C25H28N2O5S. The quantitative estimate of drug-likeness (QED) is 0.488. The van der Waals surface area contributed by atoms with Gasteiger partial charge in [0.1, 0.15) is 18.0 Å². The summed E-state index contributed by atoms with van der Waals surface area (Å²) >= 11 is 0. The molecule has 7 nitrogen and oxygen atoms in total. The predicted octanol–water partition coefficient (Wildman–Crippen LogP) is 3.91. The van der Waals surface area contributed by atoms with Crippen molar-refractivity contribution in [3.63, 3.8) is 0 Å². The molecule has 33 heavy (non-hydrogen) atoms. The Labute approximate surface area is 195 Å². The van der Waals surface area contributed by atoms with Gasteiger partial charge in [0.05, 0.1) is 24.3 Å². The van der Waals surface area contributed by atoms with Crippen molar-refractivity contribution < 1.29 is 22.7 Å². The number of carbonyl (C=O) groups is 1. The second-order valence-corrected chi connectivity index (χ2v) is 9.18. The SMILES string of the molecule is CCOc1ccccc1N(CC(=O)NCc1ccccc1OC)S(=O)(=O)c1ccc(C)cc1. The van der Waals surface area contributed by atoms with Crippen molar-refractivity contribution in [1.82, 2.24) is 5.32 Å². The van der Waals surface area contributed by atoms with E-state index in [4.69, 9.17) is 9.47 Å². The Morgan fingerprint density at radius 1 is 0.939 bits per heavy atom. The maximum absolute atomic E-state index is 13.6. The fourth-order valence-electron chi connectivity index (χ4n) is 3.31. The van der Waals surface area contributed by atoms with Crippen LogP contribution in [-0.4, -0.2) is 34.6 Å². The highest BCUT2D eigenvalue weighted by Gasteiger charge is 2.29. The fourth-order valence-corrected chi connectivity index (χ4v) is 4.74. The average molecular weight is 469 g/mol. The lowest BCUT2D eigenvalue weighted by atomic mass is 10.2. The molecule has 174 valence electrons. The van der Waals surface area contributed by atoms with Crippen LogP contribution in [0.5, 0.6) is 11.5 Å². The molecule has 0 unspecified atom stereocenters. The highest BCUT2D eigenvalue weighted by Crippen LogP contribution is 2.32. The number of ether oxygens (including phenoxy) is 2. The molecule has 0 bridgehead atoms. The number of nitrogens with one attached hydrogen (secondary N) is 1. The van der Waals surface area contributed by atoms with Gasteiger partial charge in [-0.15, -0.1) is 0 Å². The van der Waals surface area contributed by atoms with E-state index in [-0.39, 0.29) is 11.4 Å². The van der Waals surface area contributed by atoms with Crippen LogP contribution in [0.4, 0.5) is 5.69 Å². The van der Waals surface area contributed by atoms with E-state index in [0.717, 1.165) is 15.4 Å². The van der Waals surface area contributed by atoms with Gasteiger partial charge in [-0.2, -0.15) is 0 Å². The molecular weight excluding hydrogens is 440 g/mol. The Morgan fingerprint density at radius 3 is 2.24 bits per heavy atom. The first-order chi connectivity index (χ1) is 15.9. The van der Waals surface area contributed by atoms with Gasteiger partial charge in [-0.3, -0.25) is 9.10 Å². The number of methoxy groups -OCH3 is 1. The van der Waals surface area contributed by atoms with Crippen LogP contribution >= 0.6 is 0 Å². The number of amides is 1. The molecule has 0 aromatic heterocycles. The molecule has 0 aliphatic carbocycles. The first-order valence-electron chi connectivity index (χ1n) is 10.6. The zero-order chi connectivity index (χ0) is 23.8. The summed E-state index contributed by atoms with van der Waals surface area (Å²) in [6, 6.07) is 20.6. The first-order valence-corrected chi connectivity index (χ1v) is 12.0. The number of hydrogen-bond acceptors (Lipinski definition) is 5. The summed E-state index contributed by atoms with van der Waals surface area (Å²) in [7, 11) is -2.48. The molecule has 3 aromatic carbocycles. The molecule has 0 atom stereocenters. The van der Waals surface area contributed by atoms with Crippen molar-refractivity contribution in [1.29, 1.82) is 0 Å². The third kappa shape index (κ3) is 5.84. The van der Waals surface area contributed by atoms with Crippen LogP contribution in [0, 0.1) is 6.92 Å². The van der Waals surface area contributed by atoms with Gasteiger partial charge in [0.25, 0.3) is 10.0 Å². The van der Waals surface area contributed by atoms with Gasteiger partial charge in [0.2, 0.25) is 5.91 Å². The van der Waals surface area contributed by atoms with Crippen LogP contribution in [0.1, 0.15) is 18.1 Å². The standard InChI is InChI=1S/C25H28N2O5S/c1-4-32-24-12-8-6-10-22(24)27(33(29,30)21-15-13-19(2)14-16-21)18-25(28)26-17-20-9-5-7-11-23(20)31-3/h5-16H,4,17-18H2,1-3H3,(H,26,28). The van der Waals surface area contributed by atoms with Crippen LogP contribution in [0.2, 0.25) is 0 Å². The van der Waals surface area contributed by atoms with E-state index in [0.29, 0.717) is 23.8 Å². The molecule has 0 spiro atoms. The van der Waals surface area contributed by atoms with Crippen LogP contribution < -0.4 is 19.1 Å². The summed E-state index contributed by atoms with van der Waals surface area (Å²) in [5.74, 6) is 0.569. The van der Waals surface area contributed by atoms with Gasteiger partial charge in [0.15, 0.2) is 0 Å². The molecule has 3 rings (SSSR count). The lowest BCUT2D eigenvalue weighted by Crippen LogP contribution is -2.41.